The van der Waals surface area contributed by atoms with Crippen LogP contribution in [-0.2, 0) is 6.54 Å². The number of hydrogen-bond acceptors (Lipinski definition) is 3. The van der Waals surface area contributed by atoms with Crippen LogP contribution in [0.4, 0.5) is 5.69 Å². The highest BCUT2D eigenvalue weighted by atomic mass is 35.5. The molecular weight excluding hydrogens is 398 g/mol. The van der Waals surface area contributed by atoms with Crippen LogP contribution in [0.2, 0.25) is 5.02 Å². The summed E-state index contributed by atoms with van der Waals surface area (Å²) in [5.74, 6) is 0. The van der Waals surface area contributed by atoms with Gasteiger partial charge in [-0.3, -0.25) is 10.1 Å². The Morgan fingerprint density at radius 2 is 1.77 bits per heavy atom. The number of allylic oxidation sites excluding steroid dienone is 1. The van der Waals surface area contributed by atoms with Gasteiger partial charge >= 0.3 is 0 Å². The van der Waals surface area contributed by atoms with E-state index in [1.165, 1.54) is 12.1 Å². The Labute approximate surface area is 178 Å². The Bertz CT molecular complexity index is 1310. The maximum absolute atomic E-state index is 10.9. The first-order valence-electron chi connectivity index (χ1n) is 9.25. The van der Waals surface area contributed by atoms with Gasteiger partial charge in [0.05, 0.1) is 16.6 Å². The summed E-state index contributed by atoms with van der Waals surface area (Å²) < 4.78 is 2.10. The highest BCUT2D eigenvalue weighted by molar-refractivity contribution is 6.31. The average Bonchev–Trinajstić information content (AvgIpc) is 3.11. The highest BCUT2D eigenvalue weighted by Crippen LogP contribution is 2.28. The van der Waals surface area contributed by atoms with Gasteiger partial charge in [0, 0.05) is 46.4 Å². The molecule has 0 N–H and O–H groups in total. The van der Waals surface area contributed by atoms with Crippen LogP contribution in [0, 0.1) is 21.4 Å². The third-order valence-corrected chi connectivity index (χ3v) is 5.30. The van der Waals surface area contributed by atoms with Crippen molar-refractivity contribution in [1.82, 2.24) is 4.57 Å². The summed E-state index contributed by atoms with van der Waals surface area (Å²) in [7, 11) is 0. The van der Waals surface area contributed by atoms with Gasteiger partial charge in [-0.1, -0.05) is 48.0 Å². The van der Waals surface area contributed by atoms with E-state index in [2.05, 4.69) is 10.6 Å². The zero-order valence-electron chi connectivity index (χ0n) is 15.8. The van der Waals surface area contributed by atoms with Gasteiger partial charge in [-0.2, -0.15) is 5.26 Å². The fourth-order valence-electron chi connectivity index (χ4n) is 3.43. The van der Waals surface area contributed by atoms with Gasteiger partial charge in [0.15, 0.2) is 0 Å². The number of fused-ring (bicyclic) bond motifs is 1. The Morgan fingerprint density at radius 1 is 1.07 bits per heavy atom. The molecular formula is C24H16ClN3O2. The summed E-state index contributed by atoms with van der Waals surface area (Å²) in [6.07, 6.45) is 3.81. The van der Waals surface area contributed by atoms with Crippen molar-refractivity contribution < 1.29 is 4.92 Å². The van der Waals surface area contributed by atoms with E-state index in [0.29, 0.717) is 22.7 Å². The maximum Gasteiger partial charge on any atom is 0.269 e. The number of nitro benzene ring substituents is 1. The number of rotatable bonds is 5. The predicted molar refractivity (Wildman–Crippen MR) is 119 cm³/mol. The largest absolute Gasteiger partial charge is 0.342 e. The quantitative estimate of drug-likeness (QED) is 0.218. The molecule has 0 aliphatic rings. The van der Waals surface area contributed by atoms with Gasteiger partial charge in [0.25, 0.3) is 5.69 Å². The minimum Gasteiger partial charge on any atom is -0.342 e. The Morgan fingerprint density at radius 3 is 2.47 bits per heavy atom. The standard InChI is InChI=1S/C24H16ClN3O2/c25-23-7-3-1-5-18(23)15-27-16-20(22-6-2-4-8-24(22)27)13-19(14-26)17-9-11-21(12-10-17)28(29)30/h1-13,16H,15H2/b19-13-. The van der Waals surface area contributed by atoms with Crippen molar-refractivity contribution in [3.8, 4) is 6.07 Å². The topological polar surface area (TPSA) is 71.9 Å². The van der Waals surface area contributed by atoms with Gasteiger partial charge in [-0.15, -0.1) is 0 Å². The fourth-order valence-corrected chi connectivity index (χ4v) is 3.63. The lowest BCUT2D eigenvalue weighted by atomic mass is 10.0. The minimum absolute atomic E-state index is 0.00705. The first-order chi connectivity index (χ1) is 14.6. The highest BCUT2D eigenvalue weighted by Gasteiger charge is 2.11. The molecule has 0 amide bonds. The number of hydrogen-bond donors (Lipinski definition) is 0. The van der Waals surface area contributed by atoms with Gasteiger partial charge < -0.3 is 4.57 Å². The molecule has 0 unspecified atom stereocenters. The maximum atomic E-state index is 10.9. The molecule has 146 valence electrons. The summed E-state index contributed by atoms with van der Waals surface area (Å²) >= 11 is 6.34. The van der Waals surface area contributed by atoms with Crippen LogP contribution in [-0.4, -0.2) is 9.49 Å². The molecule has 0 aliphatic carbocycles. The molecule has 1 heterocycles. The van der Waals surface area contributed by atoms with E-state index in [0.717, 1.165) is 22.0 Å². The second-order valence-electron chi connectivity index (χ2n) is 6.79. The molecule has 1 aromatic heterocycles. The second-order valence-corrected chi connectivity index (χ2v) is 7.20. The van der Waals surface area contributed by atoms with E-state index < -0.39 is 4.92 Å². The van der Waals surface area contributed by atoms with Crippen molar-refractivity contribution in [2.45, 2.75) is 6.54 Å². The van der Waals surface area contributed by atoms with Crippen molar-refractivity contribution in [2.24, 2.45) is 0 Å². The summed E-state index contributed by atoms with van der Waals surface area (Å²) in [4.78, 5) is 10.4. The number of nitro groups is 1. The van der Waals surface area contributed by atoms with Crippen LogP contribution in [0.1, 0.15) is 16.7 Å². The predicted octanol–water partition coefficient (Wildman–Crippen LogP) is 6.32. The molecule has 0 atom stereocenters. The Kier molecular flexibility index (Phi) is 5.34. The number of halogens is 1. The van der Waals surface area contributed by atoms with Crippen molar-refractivity contribution in [1.29, 1.82) is 5.26 Å². The van der Waals surface area contributed by atoms with Gasteiger partial charge in [0.2, 0.25) is 0 Å². The molecule has 0 saturated carbocycles. The fraction of sp³-hybridized carbons (Fsp3) is 0.0417. The molecule has 4 rings (SSSR count). The van der Waals surface area contributed by atoms with E-state index >= 15 is 0 Å². The van der Waals surface area contributed by atoms with Crippen molar-refractivity contribution in [3.63, 3.8) is 0 Å². The molecule has 4 aromatic rings. The van der Waals surface area contributed by atoms with Crippen LogP contribution in [0.3, 0.4) is 0 Å². The van der Waals surface area contributed by atoms with E-state index in [1.807, 2.05) is 60.8 Å². The number of benzene rings is 3. The molecule has 0 spiro atoms. The van der Waals surface area contributed by atoms with E-state index in [9.17, 15) is 15.4 Å². The Hall–Kier alpha value is -3.88. The van der Waals surface area contributed by atoms with Crippen LogP contribution >= 0.6 is 11.6 Å². The molecule has 0 bridgehead atoms. The first-order valence-corrected chi connectivity index (χ1v) is 9.62. The molecule has 0 saturated heterocycles. The summed E-state index contributed by atoms with van der Waals surface area (Å²) in [5.41, 5.74) is 3.99. The van der Waals surface area contributed by atoms with E-state index in [1.54, 1.807) is 12.1 Å². The summed E-state index contributed by atoms with van der Waals surface area (Å²) in [5, 5.41) is 22.3. The smallest absolute Gasteiger partial charge is 0.269 e. The number of para-hydroxylation sites is 1. The zero-order valence-corrected chi connectivity index (χ0v) is 16.6. The molecule has 0 fully saturated rings. The lowest BCUT2D eigenvalue weighted by molar-refractivity contribution is -0.384. The summed E-state index contributed by atoms with van der Waals surface area (Å²) in [6, 6.07) is 23.9. The number of nitriles is 1. The zero-order chi connectivity index (χ0) is 21.1. The molecule has 3 aromatic carbocycles. The van der Waals surface area contributed by atoms with Crippen LogP contribution in [0.15, 0.2) is 79.0 Å². The van der Waals surface area contributed by atoms with Crippen molar-refractivity contribution in [3.05, 3.63) is 111 Å². The van der Waals surface area contributed by atoms with Crippen LogP contribution in [0.25, 0.3) is 22.6 Å². The van der Waals surface area contributed by atoms with Crippen molar-refractivity contribution in [2.75, 3.05) is 0 Å². The average molecular weight is 414 g/mol. The molecule has 30 heavy (non-hydrogen) atoms. The first kappa shape index (κ1) is 19.4. The Balaban J connectivity index is 1.77. The molecule has 6 heteroatoms. The monoisotopic (exact) mass is 413 g/mol. The third kappa shape index (κ3) is 3.82. The number of non-ortho nitro benzene ring substituents is 1. The van der Waals surface area contributed by atoms with Crippen LogP contribution in [0.5, 0.6) is 0 Å². The number of aromatic nitrogens is 1. The third-order valence-electron chi connectivity index (χ3n) is 4.93. The second kappa shape index (κ2) is 8.24. The van der Waals surface area contributed by atoms with E-state index in [-0.39, 0.29) is 5.69 Å². The molecule has 5 nitrogen and oxygen atoms in total. The molecule has 0 aliphatic heterocycles. The van der Waals surface area contributed by atoms with Crippen molar-refractivity contribution >= 4 is 39.8 Å². The van der Waals surface area contributed by atoms with Gasteiger partial charge in [0.1, 0.15) is 0 Å². The lowest BCUT2D eigenvalue weighted by Crippen LogP contribution is -1.98. The van der Waals surface area contributed by atoms with E-state index in [4.69, 9.17) is 11.6 Å². The number of nitrogens with zero attached hydrogens (tertiary/aromatic N) is 3. The lowest BCUT2D eigenvalue weighted by Gasteiger charge is -2.07. The normalized spacial score (nSPS) is 11.4. The minimum atomic E-state index is -0.456. The van der Waals surface area contributed by atoms with Gasteiger partial charge in [-0.25, -0.2) is 0 Å². The molecule has 0 radical (unpaired) electrons. The SMILES string of the molecule is N#C/C(=C/c1cn(Cc2ccccc2Cl)c2ccccc12)c1ccc([N+](=O)[O-])cc1. The summed E-state index contributed by atoms with van der Waals surface area (Å²) in [6.45, 7) is 0.605. The van der Waals surface area contributed by atoms with Gasteiger partial charge in [-0.05, 0) is 41.5 Å². The van der Waals surface area contributed by atoms with Crippen LogP contribution < -0.4 is 0 Å².